The van der Waals surface area contributed by atoms with Gasteiger partial charge in [0.1, 0.15) is 5.82 Å². The first-order valence-electron chi connectivity index (χ1n) is 8.93. The van der Waals surface area contributed by atoms with Gasteiger partial charge in [0, 0.05) is 32.6 Å². The van der Waals surface area contributed by atoms with Crippen molar-refractivity contribution in [3.05, 3.63) is 65.5 Å². The second-order valence-electron chi connectivity index (χ2n) is 6.55. The summed E-state index contributed by atoms with van der Waals surface area (Å²) >= 11 is 0. The Bertz CT molecular complexity index is 992. The lowest BCUT2D eigenvalue weighted by atomic mass is 10.1. The lowest BCUT2D eigenvalue weighted by Gasteiger charge is -2.34. The van der Waals surface area contributed by atoms with E-state index in [9.17, 15) is 17.6 Å². The van der Waals surface area contributed by atoms with Gasteiger partial charge in [-0.1, -0.05) is 12.1 Å². The van der Waals surface area contributed by atoms with Crippen molar-refractivity contribution in [2.45, 2.75) is 17.7 Å². The first-order valence-corrected chi connectivity index (χ1v) is 10.4. The highest BCUT2D eigenvalue weighted by Crippen LogP contribution is 2.19. The monoisotopic (exact) mass is 401 g/mol. The Morgan fingerprint density at radius 2 is 1.75 bits per heavy atom. The molecule has 0 atom stereocenters. The van der Waals surface area contributed by atoms with Gasteiger partial charge in [0.2, 0.25) is 15.9 Å². The highest BCUT2D eigenvalue weighted by molar-refractivity contribution is 7.89. The van der Waals surface area contributed by atoms with E-state index in [4.69, 9.17) is 5.26 Å². The number of hydrogen-bond donors (Lipinski definition) is 0. The summed E-state index contributed by atoms with van der Waals surface area (Å²) in [4.78, 5) is 14.2. The van der Waals surface area contributed by atoms with Crippen molar-refractivity contribution in [1.82, 2.24) is 9.21 Å². The van der Waals surface area contributed by atoms with Crippen LogP contribution in [0, 0.1) is 17.1 Å². The van der Waals surface area contributed by atoms with Crippen LogP contribution < -0.4 is 0 Å². The summed E-state index contributed by atoms with van der Waals surface area (Å²) in [5, 5.41) is 8.83. The van der Waals surface area contributed by atoms with Gasteiger partial charge in [-0.05, 0) is 48.4 Å². The molecule has 0 saturated carbocycles. The average Bonchev–Trinajstić information content (AvgIpc) is 2.72. The molecular weight excluding hydrogens is 381 g/mol. The van der Waals surface area contributed by atoms with Crippen LogP contribution >= 0.6 is 0 Å². The van der Waals surface area contributed by atoms with Gasteiger partial charge in [-0.15, -0.1) is 0 Å². The van der Waals surface area contributed by atoms with E-state index in [1.807, 2.05) is 6.07 Å². The zero-order valence-corrected chi connectivity index (χ0v) is 16.0. The maximum atomic E-state index is 13.2. The van der Waals surface area contributed by atoms with Crippen LogP contribution in [0.4, 0.5) is 4.39 Å². The van der Waals surface area contributed by atoms with E-state index < -0.39 is 10.0 Å². The molecule has 1 amide bonds. The normalized spacial score (nSPS) is 15.2. The minimum absolute atomic E-state index is 0.0697. The Morgan fingerprint density at radius 3 is 2.36 bits per heavy atom. The Balaban J connectivity index is 1.55. The van der Waals surface area contributed by atoms with E-state index in [-0.39, 0.29) is 36.1 Å². The van der Waals surface area contributed by atoms with Crippen LogP contribution in [0.3, 0.4) is 0 Å². The number of carbonyl (C=O) groups is 1. The van der Waals surface area contributed by atoms with Gasteiger partial charge in [-0.2, -0.15) is 9.57 Å². The predicted octanol–water partition coefficient (Wildman–Crippen LogP) is 2.16. The fraction of sp³-hybridized carbons (Fsp3) is 0.300. The quantitative estimate of drug-likeness (QED) is 0.769. The lowest BCUT2D eigenvalue weighted by Crippen LogP contribution is -2.50. The van der Waals surface area contributed by atoms with E-state index in [1.165, 1.54) is 40.7 Å². The van der Waals surface area contributed by atoms with Gasteiger partial charge in [0.25, 0.3) is 0 Å². The number of nitriles is 1. The molecule has 146 valence electrons. The second-order valence-corrected chi connectivity index (χ2v) is 8.49. The summed E-state index contributed by atoms with van der Waals surface area (Å²) in [5.41, 5.74) is 1.16. The molecule has 8 heteroatoms. The summed E-state index contributed by atoms with van der Waals surface area (Å²) < 4.78 is 40.0. The highest BCUT2D eigenvalue weighted by atomic mass is 32.2. The minimum atomic E-state index is -3.65. The van der Waals surface area contributed by atoms with Crippen LogP contribution in [-0.4, -0.2) is 49.7 Å². The van der Waals surface area contributed by atoms with Crippen molar-refractivity contribution in [1.29, 1.82) is 5.26 Å². The molecule has 1 saturated heterocycles. The largest absolute Gasteiger partial charge is 0.340 e. The summed E-state index contributed by atoms with van der Waals surface area (Å²) in [7, 11) is -3.65. The van der Waals surface area contributed by atoms with Crippen molar-refractivity contribution in [3.63, 3.8) is 0 Å². The summed E-state index contributed by atoms with van der Waals surface area (Å²) in [5.74, 6) is -0.397. The molecule has 1 aliphatic heterocycles. The predicted molar refractivity (Wildman–Crippen MR) is 101 cm³/mol. The number of piperazine rings is 1. The topological polar surface area (TPSA) is 81.5 Å². The molecule has 6 nitrogen and oxygen atoms in total. The van der Waals surface area contributed by atoms with E-state index in [0.717, 1.165) is 5.56 Å². The molecule has 28 heavy (non-hydrogen) atoms. The molecule has 0 N–H and O–H groups in total. The van der Waals surface area contributed by atoms with Crippen molar-refractivity contribution >= 4 is 15.9 Å². The summed E-state index contributed by atoms with van der Waals surface area (Å²) in [6.45, 7) is 1.07. The van der Waals surface area contributed by atoms with Gasteiger partial charge in [-0.25, -0.2) is 12.8 Å². The lowest BCUT2D eigenvalue weighted by molar-refractivity contribution is -0.132. The van der Waals surface area contributed by atoms with Crippen LogP contribution in [0.25, 0.3) is 0 Å². The zero-order valence-electron chi connectivity index (χ0n) is 15.2. The summed E-state index contributed by atoms with van der Waals surface area (Å²) in [6.07, 6.45) is 0.701. The number of aryl methyl sites for hydroxylation is 1. The Labute approximate surface area is 163 Å². The smallest absolute Gasteiger partial charge is 0.243 e. The molecule has 2 aromatic carbocycles. The Kier molecular flexibility index (Phi) is 6.07. The number of benzene rings is 2. The number of nitrogens with zero attached hydrogens (tertiary/aromatic N) is 3. The van der Waals surface area contributed by atoms with Crippen molar-refractivity contribution in [2.75, 3.05) is 26.2 Å². The Morgan fingerprint density at radius 1 is 1.07 bits per heavy atom. The number of halogens is 1. The molecule has 1 heterocycles. The van der Waals surface area contributed by atoms with Crippen LogP contribution in [0.5, 0.6) is 0 Å². The molecule has 0 unspecified atom stereocenters. The third-order valence-electron chi connectivity index (χ3n) is 4.73. The van der Waals surface area contributed by atoms with Gasteiger partial charge >= 0.3 is 0 Å². The van der Waals surface area contributed by atoms with Crippen LogP contribution in [0.2, 0.25) is 0 Å². The fourth-order valence-corrected chi connectivity index (χ4v) is 4.55. The number of rotatable bonds is 5. The third-order valence-corrected chi connectivity index (χ3v) is 6.64. The van der Waals surface area contributed by atoms with E-state index in [2.05, 4.69) is 0 Å². The maximum Gasteiger partial charge on any atom is 0.243 e. The van der Waals surface area contributed by atoms with E-state index >= 15 is 0 Å². The molecule has 3 rings (SSSR count). The highest BCUT2D eigenvalue weighted by Gasteiger charge is 2.29. The van der Waals surface area contributed by atoms with Crippen molar-refractivity contribution in [2.24, 2.45) is 0 Å². The zero-order chi connectivity index (χ0) is 20.1. The molecule has 0 spiro atoms. The van der Waals surface area contributed by atoms with Gasteiger partial charge in [0.15, 0.2) is 0 Å². The van der Waals surface area contributed by atoms with Crippen LogP contribution in [0.1, 0.15) is 17.5 Å². The second kappa shape index (κ2) is 8.50. The number of carbonyl (C=O) groups excluding carboxylic acids is 1. The molecule has 0 radical (unpaired) electrons. The third kappa shape index (κ3) is 4.55. The Hall–Kier alpha value is -2.76. The van der Waals surface area contributed by atoms with Gasteiger partial charge in [-0.3, -0.25) is 4.79 Å². The van der Waals surface area contributed by atoms with Crippen molar-refractivity contribution in [3.8, 4) is 6.07 Å². The molecule has 1 aliphatic rings. The SMILES string of the molecule is N#Cc1ccc(S(=O)(=O)N2CCN(C(=O)CCc3cccc(F)c3)CC2)cc1. The van der Waals surface area contributed by atoms with Gasteiger partial charge < -0.3 is 4.90 Å². The molecule has 1 fully saturated rings. The first kappa shape index (κ1) is 20.0. The number of hydrogen-bond acceptors (Lipinski definition) is 4. The van der Waals surface area contributed by atoms with Gasteiger partial charge in [0.05, 0.1) is 16.5 Å². The molecule has 0 aliphatic carbocycles. The average molecular weight is 401 g/mol. The number of sulfonamides is 1. The van der Waals surface area contributed by atoms with E-state index in [0.29, 0.717) is 25.1 Å². The number of amides is 1. The van der Waals surface area contributed by atoms with E-state index in [1.54, 1.807) is 17.0 Å². The molecule has 0 aromatic heterocycles. The molecular formula is C20H20FN3O3S. The minimum Gasteiger partial charge on any atom is -0.340 e. The summed E-state index contributed by atoms with van der Waals surface area (Å²) in [6, 6.07) is 13.9. The standard InChI is InChI=1S/C20H20FN3O3S/c21-18-3-1-2-16(14-18)6-9-20(25)23-10-12-24(13-11-23)28(26,27)19-7-4-17(15-22)5-8-19/h1-5,7-8,14H,6,9-13H2. The maximum absolute atomic E-state index is 13.2. The first-order chi connectivity index (χ1) is 13.4. The van der Waals surface area contributed by atoms with Crippen LogP contribution in [0.15, 0.2) is 53.4 Å². The molecule has 0 bridgehead atoms. The molecule has 2 aromatic rings. The van der Waals surface area contributed by atoms with Crippen LogP contribution in [-0.2, 0) is 21.2 Å². The van der Waals surface area contributed by atoms with Crippen molar-refractivity contribution < 1.29 is 17.6 Å². The fourth-order valence-electron chi connectivity index (χ4n) is 3.13.